The van der Waals surface area contributed by atoms with Gasteiger partial charge >= 0.3 is 11.9 Å². The summed E-state index contributed by atoms with van der Waals surface area (Å²) in [6.45, 7) is 3.47. The number of unbranched alkanes of at least 4 members (excludes halogenated alkanes) is 1. The molecule has 0 aliphatic carbocycles. The van der Waals surface area contributed by atoms with Crippen molar-refractivity contribution < 1.29 is 22.7 Å². The van der Waals surface area contributed by atoms with E-state index in [1.165, 1.54) is 6.92 Å². The molecule has 0 aliphatic heterocycles. The molecule has 154 valence electrons. The van der Waals surface area contributed by atoms with Crippen molar-refractivity contribution in [2.45, 2.75) is 58.9 Å². The summed E-state index contributed by atoms with van der Waals surface area (Å²) < 4.78 is 42.8. The molecule has 3 N–H and O–H groups in total. The number of carbonyl (C=O) groups is 1. The number of anilines is 2. The molecule has 1 amide bonds. The van der Waals surface area contributed by atoms with Crippen LogP contribution in [0.15, 0.2) is 9.59 Å². The Morgan fingerprint density at radius 3 is 2.44 bits per heavy atom. The number of nitrogens with two attached hydrogens (primary N) is 1. The predicted octanol–water partition coefficient (Wildman–Crippen LogP) is 1.63. The summed E-state index contributed by atoms with van der Waals surface area (Å²) in [6, 6.07) is 0. The van der Waals surface area contributed by atoms with Crippen LogP contribution in [0.4, 0.5) is 24.7 Å². The fourth-order valence-corrected chi connectivity index (χ4v) is 2.44. The van der Waals surface area contributed by atoms with Crippen molar-refractivity contribution in [1.82, 2.24) is 9.55 Å². The summed E-state index contributed by atoms with van der Waals surface area (Å²) in [5.74, 6) is -1.05. The molecule has 0 bridgehead atoms. The van der Waals surface area contributed by atoms with Crippen LogP contribution in [0, 0.1) is 0 Å². The standard InChI is InChI=1S/C16H25F3N4O4/c1-4-6-8-22(14(25)10(3)27-9-16(17,18)19)11-12(20)23(7-5-2)15(26)21-13(11)24/h10H,4-9,20H2,1-3H3,(H,21,24,26). The normalized spacial score (nSPS) is 12.8. The van der Waals surface area contributed by atoms with E-state index in [-0.39, 0.29) is 24.6 Å². The highest BCUT2D eigenvalue weighted by Crippen LogP contribution is 2.21. The summed E-state index contributed by atoms with van der Waals surface area (Å²) in [7, 11) is 0. The van der Waals surface area contributed by atoms with Crippen LogP contribution in [0.3, 0.4) is 0 Å². The average molecular weight is 394 g/mol. The van der Waals surface area contributed by atoms with Gasteiger partial charge < -0.3 is 15.4 Å². The second-order valence-electron chi connectivity index (χ2n) is 6.06. The van der Waals surface area contributed by atoms with Gasteiger partial charge in [0.05, 0.1) is 0 Å². The molecule has 1 atom stereocenters. The summed E-state index contributed by atoms with van der Waals surface area (Å²) in [6.07, 6.45) is -4.36. The molecule has 0 fully saturated rings. The van der Waals surface area contributed by atoms with Crippen molar-refractivity contribution in [2.75, 3.05) is 23.8 Å². The average Bonchev–Trinajstić information content (AvgIpc) is 2.57. The first kappa shape index (κ1) is 22.7. The zero-order valence-corrected chi connectivity index (χ0v) is 15.6. The number of ether oxygens (including phenoxy) is 1. The lowest BCUT2D eigenvalue weighted by Crippen LogP contribution is -2.46. The number of H-pyrrole nitrogens is 1. The Morgan fingerprint density at radius 1 is 1.30 bits per heavy atom. The quantitative estimate of drug-likeness (QED) is 0.661. The number of aromatic amines is 1. The highest BCUT2D eigenvalue weighted by molar-refractivity contribution is 5.98. The molecule has 27 heavy (non-hydrogen) atoms. The maximum Gasteiger partial charge on any atom is 0.411 e. The van der Waals surface area contributed by atoms with Crippen molar-refractivity contribution >= 4 is 17.4 Å². The molecule has 1 heterocycles. The summed E-state index contributed by atoms with van der Waals surface area (Å²) in [5, 5.41) is 0. The monoisotopic (exact) mass is 394 g/mol. The summed E-state index contributed by atoms with van der Waals surface area (Å²) >= 11 is 0. The number of amides is 1. The number of nitrogen functional groups attached to an aromatic ring is 1. The van der Waals surface area contributed by atoms with Gasteiger partial charge in [0.15, 0.2) is 5.69 Å². The maximum atomic E-state index is 12.7. The molecule has 0 radical (unpaired) electrons. The Hall–Kier alpha value is -2.30. The van der Waals surface area contributed by atoms with E-state index in [0.717, 1.165) is 9.47 Å². The van der Waals surface area contributed by atoms with Crippen LogP contribution in [0.25, 0.3) is 0 Å². The van der Waals surface area contributed by atoms with Gasteiger partial charge in [0.1, 0.15) is 18.5 Å². The maximum absolute atomic E-state index is 12.7. The predicted molar refractivity (Wildman–Crippen MR) is 94.8 cm³/mol. The molecule has 0 saturated heterocycles. The summed E-state index contributed by atoms with van der Waals surface area (Å²) in [5.41, 5.74) is 4.10. The van der Waals surface area contributed by atoms with Gasteiger partial charge in [0.25, 0.3) is 11.5 Å². The van der Waals surface area contributed by atoms with Crippen LogP contribution in [0.5, 0.6) is 0 Å². The van der Waals surface area contributed by atoms with E-state index < -0.39 is 36.0 Å². The molecule has 1 rings (SSSR count). The number of rotatable bonds is 9. The van der Waals surface area contributed by atoms with Gasteiger partial charge in [0.2, 0.25) is 0 Å². The molecule has 0 aromatic carbocycles. The smallest absolute Gasteiger partial charge is 0.383 e. The lowest BCUT2D eigenvalue weighted by molar-refractivity contribution is -0.185. The largest absolute Gasteiger partial charge is 0.411 e. The van der Waals surface area contributed by atoms with E-state index in [1.54, 1.807) is 6.92 Å². The van der Waals surface area contributed by atoms with Crippen LogP contribution in [-0.2, 0) is 16.1 Å². The first-order valence-electron chi connectivity index (χ1n) is 8.65. The van der Waals surface area contributed by atoms with Gasteiger partial charge in [-0.1, -0.05) is 20.3 Å². The van der Waals surface area contributed by atoms with Crippen LogP contribution in [0.1, 0.15) is 40.0 Å². The number of hydrogen-bond donors (Lipinski definition) is 2. The third-order valence-electron chi connectivity index (χ3n) is 3.78. The number of carbonyl (C=O) groups excluding carboxylic acids is 1. The number of nitrogens with zero attached hydrogens (tertiary/aromatic N) is 2. The Kier molecular flexibility index (Phi) is 8.07. The number of halogens is 3. The van der Waals surface area contributed by atoms with Crippen molar-refractivity contribution in [2.24, 2.45) is 0 Å². The van der Waals surface area contributed by atoms with Crippen molar-refractivity contribution in [3.63, 3.8) is 0 Å². The van der Waals surface area contributed by atoms with Gasteiger partial charge in [-0.3, -0.25) is 19.1 Å². The van der Waals surface area contributed by atoms with Crippen LogP contribution >= 0.6 is 0 Å². The van der Waals surface area contributed by atoms with E-state index >= 15 is 0 Å². The zero-order chi connectivity index (χ0) is 20.8. The molecular weight excluding hydrogens is 369 g/mol. The molecule has 1 unspecified atom stereocenters. The molecule has 11 heteroatoms. The highest BCUT2D eigenvalue weighted by atomic mass is 19.4. The molecule has 1 aromatic heterocycles. The van der Waals surface area contributed by atoms with Crippen LogP contribution < -0.4 is 21.9 Å². The lowest BCUT2D eigenvalue weighted by Gasteiger charge is -2.27. The van der Waals surface area contributed by atoms with Gasteiger partial charge in [-0.05, 0) is 19.8 Å². The Balaban J connectivity index is 3.31. The van der Waals surface area contributed by atoms with Crippen LogP contribution in [0.2, 0.25) is 0 Å². The number of nitrogens with one attached hydrogen (secondary N) is 1. The van der Waals surface area contributed by atoms with Gasteiger partial charge in [-0.25, -0.2) is 4.79 Å². The van der Waals surface area contributed by atoms with Crippen LogP contribution in [-0.4, -0.2) is 40.9 Å². The lowest BCUT2D eigenvalue weighted by atomic mass is 10.2. The topological polar surface area (TPSA) is 110 Å². The van der Waals surface area contributed by atoms with Gasteiger partial charge in [-0.2, -0.15) is 13.2 Å². The van der Waals surface area contributed by atoms with Crippen molar-refractivity contribution in [1.29, 1.82) is 0 Å². The van der Waals surface area contributed by atoms with E-state index in [2.05, 4.69) is 9.72 Å². The molecule has 8 nitrogen and oxygen atoms in total. The highest BCUT2D eigenvalue weighted by Gasteiger charge is 2.32. The summed E-state index contributed by atoms with van der Waals surface area (Å²) in [4.78, 5) is 40.0. The first-order chi connectivity index (χ1) is 12.5. The van der Waals surface area contributed by atoms with Gasteiger partial charge in [0, 0.05) is 13.1 Å². The Bertz CT molecular complexity index is 758. The third-order valence-corrected chi connectivity index (χ3v) is 3.78. The number of alkyl halides is 3. The minimum Gasteiger partial charge on any atom is -0.383 e. The van der Waals surface area contributed by atoms with Crippen molar-refractivity contribution in [3.8, 4) is 0 Å². The fourth-order valence-electron chi connectivity index (χ4n) is 2.44. The first-order valence-corrected chi connectivity index (χ1v) is 8.65. The van der Waals surface area contributed by atoms with E-state index in [9.17, 15) is 27.6 Å². The minimum absolute atomic E-state index is 0.0483. The molecule has 0 aliphatic rings. The molecule has 0 saturated carbocycles. The fraction of sp³-hybridized carbons (Fsp3) is 0.688. The van der Waals surface area contributed by atoms with Gasteiger partial charge in [-0.15, -0.1) is 0 Å². The van der Waals surface area contributed by atoms with Crippen molar-refractivity contribution in [3.05, 3.63) is 20.8 Å². The Labute approximate surface area is 154 Å². The molecular formula is C16H25F3N4O4. The van der Waals surface area contributed by atoms with E-state index in [1.807, 2.05) is 6.92 Å². The number of hydrogen-bond acceptors (Lipinski definition) is 5. The molecule has 0 spiro atoms. The van der Waals surface area contributed by atoms with E-state index in [4.69, 9.17) is 5.73 Å². The SMILES string of the molecule is CCCCN(C(=O)C(C)OCC(F)(F)F)c1c(N)n(CCC)c(=O)[nH]c1=O. The molecule has 1 aromatic rings. The second kappa shape index (κ2) is 9.58. The number of aromatic nitrogens is 2. The van der Waals surface area contributed by atoms with E-state index in [0.29, 0.717) is 19.3 Å². The Morgan fingerprint density at radius 2 is 1.93 bits per heavy atom. The third kappa shape index (κ3) is 6.12. The zero-order valence-electron chi connectivity index (χ0n) is 15.6. The second-order valence-corrected chi connectivity index (χ2v) is 6.06. The minimum atomic E-state index is -4.59.